The molecule has 0 aliphatic carbocycles. The molecule has 0 heterocycles. The summed E-state index contributed by atoms with van der Waals surface area (Å²) in [5.74, 6) is -7.84. The minimum Gasteiger partial charge on any atom is -0.481 e. The molecule has 1 aromatic carbocycles. The predicted octanol–water partition coefficient (Wildman–Crippen LogP) is 0.472. The first-order valence-electron chi connectivity index (χ1n) is 5.76. The Morgan fingerprint density at radius 3 is 1.95 bits per heavy atom. The summed E-state index contributed by atoms with van der Waals surface area (Å²) in [7, 11) is 0. The van der Waals surface area contributed by atoms with Crippen LogP contribution in [0.15, 0.2) is 30.3 Å². The molecule has 0 saturated carbocycles. The molecule has 0 saturated heterocycles. The minimum atomic E-state index is -2.09. The fraction of sp³-hybridized carbons (Fsp3) is 0.231. The lowest BCUT2D eigenvalue weighted by Gasteiger charge is -2.19. The molecule has 112 valence electrons. The highest BCUT2D eigenvalue weighted by atomic mass is 16.6. The molecule has 0 amide bonds. The van der Waals surface area contributed by atoms with Gasteiger partial charge in [-0.2, -0.15) is 0 Å². The van der Waals surface area contributed by atoms with Crippen LogP contribution in [0.25, 0.3) is 0 Å². The van der Waals surface area contributed by atoms with Crippen LogP contribution in [-0.2, 0) is 19.1 Å². The smallest absolute Gasteiger partial charge is 0.345 e. The van der Waals surface area contributed by atoms with Crippen LogP contribution < -0.4 is 0 Å². The van der Waals surface area contributed by atoms with Crippen LogP contribution in [0.1, 0.15) is 16.8 Å². The lowest BCUT2D eigenvalue weighted by Crippen LogP contribution is -2.40. The highest BCUT2D eigenvalue weighted by Gasteiger charge is 2.38. The topological polar surface area (TPSA) is 138 Å². The van der Waals surface area contributed by atoms with Gasteiger partial charge in [0, 0.05) is 0 Å². The Kier molecular flexibility index (Phi) is 5.41. The van der Waals surface area contributed by atoms with Gasteiger partial charge in [-0.1, -0.05) is 18.2 Å². The fourth-order valence-corrected chi connectivity index (χ4v) is 1.57. The first-order chi connectivity index (χ1) is 9.82. The Balaban J connectivity index is 2.95. The highest BCUT2D eigenvalue weighted by Crippen LogP contribution is 2.16. The highest BCUT2D eigenvalue weighted by molar-refractivity contribution is 5.93. The molecule has 2 atom stereocenters. The molecule has 8 nitrogen and oxygen atoms in total. The Morgan fingerprint density at radius 2 is 1.52 bits per heavy atom. The van der Waals surface area contributed by atoms with Gasteiger partial charge in [0.1, 0.15) is 5.92 Å². The maximum absolute atomic E-state index is 11.7. The predicted molar refractivity (Wildman–Crippen MR) is 66.7 cm³/mol. The third-order valence-corrected chi connectivity index (χ3v) is 2.56. The van der Waals surface area contributed by atoms with E-state index in [0.29, 0.717) is 0 Å². The fourth-order valence-electron chi connectivity index (χ4n) is 1.57. The minimum absolute atomic E-state index is 0.0308. The van der Waals surface area contributed by atoms with Crippen molar-refractivity contribution in [2.75, 3.05) is 0 Å². The molecule has 0 aliphatic heterocycles. The third-order valence-electron chi connectivity index (χ3n) is 2.56. The average Bonchev–Trinajstić information content (AvgIpc) is 2.42. The summed E-state index contributed by atoms with van der Waals surface area (Å²) in [5, 5.41) is 26.5. The Hall–Kier alpha value is -2.90. The Labute approximate surface area is 118 Å². The number of carbonyl (C=O) groups excluding carboxylic acids is 1. The number of carbonyl (C=O) groups is 4. The van der Waals surface area contributed by atoms with Crippen molar-refractivity contribution in [2.45, 2.75) is 12.5 Å². The maximum atomic E-state index is 11.7. The normalized spacial score (nSPS) is 13.0. The zero-order chi connectivity index (χ0) is 16.0. The summed E-state index contributed by atoms with van der Waals surface area (Å²) in [6, 6.07) is 7.36. The van der Waals surface area contributed by atoms with Gasteiger partial charge in [-0.15, -0.1) is 0 Å². The Morgan fingerprint density at radius 1 is 0.952 bits per heavy atom. The van der Waals surface area contributed by atoms with Crippen molar-refractivity contribution in [3.8, 4) is 0 Å². The quantitative estimate of drug-likeness (QED) is 0.617. The van der Waals surface area contributed by atoms with Gasteiger partial charge < -0.3 is 20.1 Å². The molecule has 0 aromatic heterocycles. The molecule has 0 bridgehead atoms. The number of carboxylic acid groups (broad SMARTS) is 3. The number of hydrogen-bond donors (Lipinski definition) is 3. The van der Waals surface area contributed by atoms with Crippen molar-refractivity contribution in [3.05, 3.63) is 35.9 Å². The lowest BCUT2D eigenvalue weighted by atomic mass is 9.98. The molecule has 0 radical (unpaired) electrons. The average molecular weight is 296 g/mol. The van der Waals surface area contributed by atoms with Gasteiger partial charge >= 0.3 is 23.9 Å². The molecule has 0 fully saturated rings. The first kappa shape index (κ1) is 16.2. The van der Waals surface area contributed by atoms with E-state index in [9.17, 15) is 19.2 Å². The molecule has 8 heteroatoms. The van der Waals surface area contributed by atoms with E-state index in [-0.39, 0.29) is 5.56 Å². The van der Waals surface area contributed by atoms with Crippen molar-refractivity contribution in [2.24, 2.45) is 5.92 Å². The maximum Gasteiger partial charge on any atom is 0.345 e. The van der Waals surface area contributed by atoms with Gasteiger partial charge in [-0.05, 0) is 12.1 Å². The number of rotatable bonds is 7. The van der Waals surface area contributed by atoms with Crippen molar-refractivity contribution in [1.82, 2.24) is 0 Å². The van der Waals surface area contributed by atoms with Crippen LogP contribution in [0.5, 0.6) is 0 Å². The molecular weight excluding hydrogens is 284 g/mol. The number of benzene rings is 1. The van der Waals surface area contributed by atoms with E-state index in [1.165, 1.54) is 24.3 Å². The molecule has 1 rings (SSSR count). The van der Waals surface area contributed by atoms with E-state index in [4.69, 9.17) is 15.3 Å². The van der Waals surface area contributed by atoms with Crippen molar-refractivity contribution < 1.29 is 39.2 Å². The van der Waals surface area contributed by atoms with Crippen LogP contribution in [0.2, 0.25) is 0 Å². The summed E-state index contributed by atoms with van der Waals surface area (Å²) >= 11 is 0. The molecule has 3 N–H and O–H groups in total. The summed E-state index contributed by atoms with van der Waals surface area (Å²) in [4.78, 5) is 44.4. The van der Waals surface area contributed by atoms with Gasteiger partial charge in [0.05, 0.1) is 12.0 Å². The molecule has 0 spiro atoms. The first-order valence-corrected chi connectivity index (χ1v) is 5.76. The van der Waals surface area contributed by atoms with Crippen LogP contribution in [0.4, 0.5) is 0 Å². The number of esters is 1. The van der Waals surface area contributed by atoms with Gasteiger partial charge in [0.2, 0.25) is 6.10 Å². The van der Waals surface area contributed by atoms with Gasteiger partial charge in [-0.25, -0.2) is 9.59 Å². The zero-order valence-corrected chi connectivity index (χ0v) is 10.6. The molecule has 0 unspecified atom stereocenters. The zero-order valence-electron chi connectivity index (χ0n) is 10.6. The number of carboxylic acids is 3. The molecule has 0 aliphatic rings. The SMILES string of the molecule is O=C(O)C[C@H](C(=O)O)[C@@H](OC(=O)c1ccccc1)C(=O)O. The molecular formula is C13H12O8. The van der Waals surface area contributed by atoms with Crippen molar-refractivity contribution in [3.63, 3.8) is 0 Å². The lowest BCUT2D eigenvalue weighted by molar-refractivity contribution is -0.162. The second kappa shape index (κ2) is 7.04. The number of ether oxygens (including phenoxy) is 1. The van der Waals surface area contributed by atoms with Crippen molar-refractivity contribution in [1.29, 1.82) is 0 Å². The molecule has 1 aromatic rings. The van der Waals surface area contributed by atoms with Crippen LogP contribution in [0, 0.1) is 5.92 Å². The van der Waals surface area contributed by atoms with E-state index in [1.807, 2.05) is 0 Å². The van der Waals surface area contributed by atoms with Gasteiger partial charge in [-0.3, -0.25) is 9.59 Å². The van der Waals surface area contributed by atoms with Gasteiger partial charge in [0.25, 0.3) is 0 Å². The third kappa shape index (κ3) is 4.60. The van der Waals surface area contributed by atoms with Crippen LogP contribution in [-0.4, -0.2) is 45.3 Å². The van der Waals surface area contributed by atoms with Gasteiger partial charge in [0.15, 0.2) is 0 Å². The van der Waals surface area contributed by atoms with E-state index < -0.39 is 42.3 Å². The van der Waals surface area contributed by atoms with Crippen LogP contribution >= 0.6 is 0 Å². The monoisotopic (exact) mass is 296 g/mol. The summed E-state index contributed by atoms with van der Waals surface area (Å²) in [6.07, 6.45) is -3.07. The van der Waals surface area contributed by atoms with Crippen LogP contribution in [0.3, 0.4) is 0 Å². The van der Waals surface area contributed by atoms with E-state index in [0.717, 1.165) is 0 Å². The van der Waals surface area contributed by atoms with E-state index in [2.05, 4.69) is 4.74 Å². The Bertz CT molecular complexity index is 551. The standard InChI is InChI=1S/C13H12O8/c14-9(15)6-8(11(16)17)10(12(18)19)21-13(20)7-4-2-1-3-5-7/h1-5,8,10H,6H2,(H,14,15)(H,16,17)(H,18,19)/t8-,10+/m0/s1. The van der Waals surface area contributed by atoms with E-state index >= 15 is 0 Å². The number of aliphatic carboxylic acids is 3. The largest absolute Gasteiger partial charge is 0.481 e. The summed E-state index contributed by atoms with van der Waals surface area (Å²) in [6.45, 7) is 0. The second-order valence-electron chi connectivity index (χ2n) is 4.07. The number of hydrogen-bond acceptors (Lipinski definition) is 5. The molecule has 21 heavy (non-hydrogen) atoms. The summed E-state index contributed by atoms with van der Waals surface area (Å²) in [5.41, 5.74) is 0.0308. The van der Waals surface area contributed by atoms with Crippen molar-refractivity contribution >= 4 is 23.9 Å². The van der Waals surface area contributed by atoms with E-state index in [1.54, 1.807) is 6.07 Å². The second-order valence-corrected chi connectivity index (χ2v) is 4.07. The summed E-state index contributed by atoms with van der Waals surface area (Å²) < 4.78 is 4.64.